The van der Waals surface area contributed by atoms with E-state index in [1.54, 1.807) is 0 Å². The Balaban J connectivity index is 2.87. The van der Waals surface area contributed by atoms with Crippen molar-refractivity contribution in [1.29, 1.82) is 0 Å². The van der Waals surface area contributed by atoms with Crippen molar-refractivity contribution in [3.05, 3.63) is 48.0 Å². The van der Waals surface area contributed by atoms with E-state index in [2.05, 4.69) is 23.4 Å². The summed E-state index contributed by atoms with van der Waals surface area (Å²) in [5.41, 5.74) is 2.24. The predicted molar refractivity (Wildman–Crippen MR) is 79.6 cm³/mol. The second kappa shape index (κ2) is 6.30. The maximum Gasteiger partial charge on any atom is 0.0976 e. The Morgan fingerprint density at radius 1 is 1.33 bits per heavy atom. The van der Waals surface area contributed by atoms with Crippen LogP contribution in [0.1, 0.15) is 45.7 Å². The molecule has 0 aliphatic heterocycles. The first-order valence-corrected chi connectivity index (χ1v) is 7.33. The Morgan fingerprint density at radius 3 is 2.33 bits per heavy atom. The number of hydrogen-bond donors (Lipinski definition) is 1. The zero-order valence-corrected chi connectivity index (χ0v) is 12.5. The van der Waals surface area contributed by atoms with Crippen molar-refractivity contribution >= 4 is 11.0 Å². The van der Waals surface area contributed by atoms with Gasteiger partial charge in [0.1, 0.15) is 0 Å². The van der Waals surface area contributed by atoms with Crippen molar-refractivity contribution in [2.75, 3.05) is 0 Å². The van der Waals surface area contributed by atoms with E-state index in [0.717, 1.165) is 17.6 Å². The van der Waals surface area contributed by atoms with Crippen molar-refractivity contribution in [2.45, 2.75) is 44.9 Å². The third-order valence-corrected chi connectivity index (χ3v) is 4.17. The number of rotatable bonds is 5. The summed E-state index contributed by atoms with van der Waals surface area (Å²) in [6, 6.07) is 10.2. The summed E-state index contributed by atoms with van der Waals surface area (Å²) in [6.07, 6.45) is 0.797. The van der Waals surface area contributed by atoms with E-state index in [-0.39, 0.29) is 10.8 Å². The van der Waals surface area contributed by atoms with Gasteiger partial charge in [-0.15, -0.1) is 6.58 Å². The van der Waals surface area contributed by atoms with Gasteiger partial charge in [-0.05, 0) is 39.7 Å². The van der Waals surface area contributed by atoms with Crippen molar-refractivity contribution in [2.24, 2.45) is 0 Å². The van der Waals surface area contributed by atoms with Gasteiger partial charge in [-0.3, -0.25) is 0 Å². The SMILES string of the molecule is C=C(C)C[C@H](N[S@](=O)C(C)(C)C)c1ccccc1. The van der Waals surface area contributed by atoms with Crippen LogP contribution in [0.25, 0.3) is 0 Å². The van der Waals surface area contributed by atoms with Crippen molar-refractivity contribution in [3.8, 4) is 0 Å². The first-order valence-electron chi connectivity index (χ1n) is 6.18. The maximum absolute atomic E-state index is 12.2. The molecule has 0 aliphatic carbocycles. The van der Waals surface area contributed by atoms with E-state index < -0.39 is 11.0 Å². The van der Waals surface area contributed by atoms with Crippen LogP contribution in [0.15, 0.2) is 42.5 Å². The number of nitrogens with one attached hydrogen (secondary N) is 1. The van der Waals surface area contributed by atoms with Crippen LogP contribution >= 0.6 is 0 Å². The van der Waals surface area contributed by atoms with Gasteiger partial charge in [0.25, 0.3) is 0 Å². The summed E-state index contributed by atoms with van der Waals surface area (Å²) >= 11 is 0. The van der Waals surface area contributed by atoms with Gasteiger partial charge in [-0.25, -0.2) is 8.93 Å². The van der Waals surface area contributed by atoms with Crippen molar-refractivity contribution in [3.63, 3.8) is 0 Å². The van der Waals surface area contributed by atoms with Crippen LogP contribution in [0.5, 0.6) is 0 Å². The highest BCUT2D eigenvalue weighted by Gasteiger charge is 2.23. The molecule has 3 heteroatoms. The van der Waals surface area contributed by atoms with Crippen LogP contribution in [0.2, 0.25) is 0 Å². The highest BCUT2D eigenvalue weighted by Crippen LogP contribution is 2.22. The minimum absolute atomic E-state index is 0.0590. The molecule has 1 N–H and O–H groups in total. The van der Waals surface area contributed by atoms with Crippen LogP contribution in [0.3, 0.4) is 0 Å². The first kappa shape index (κ1) is 15.1. The molecule has 18 heavy (non-hydrogen) atoms. The molecule has 1 aromatic carbocycles. The summed E-state index contributed by atoms with van der Waals surface area (Å²) in [4.78, 5) is 0. The number of hydrogen-bond acceptors (Lipinski definition) is 1. The Bertz CT molecular complexity index is 420. The van der Waals surface area contributed by atoms with Gasteiger partial charge in [0.05, 0.1) is 15.7 Å². The van der Waals surface area contributed by atoms with Crippen LogP contribution in [0, 0.1) is 0 Å². The maximum atomic E-state index is 12.2. The van der Waals surface area contributed by atoms with E-state index in [1.807, 2.05) is 45.9 Å². The fraction of sp³-hybridized carbons (Fsp3) is 0.467. The molecule has 0 spiro atoms. The summed E-state index contributed by atoms with van der Waals surface area (Å²) < 4.78 is 15.2. The van der Waals surface area contributed by atoms with Gasteiger partial charge in [-0.2, -0.15) is 0 Å². The molecule has 0 aliphatic rings. The fourth-order valence-electron chi connectivity index (χ4n) is 1.57. The molecule has 1 rings (SSSR count). The lowest BCUT2D eigenvalue weighted by Gasteiger charge is -2.24. The molecule has 2 atom stereocenters. The molecule has 0 saturated carbocycles. The van der Waals surface area contributed by atoms with Gasteiger partial charge in [0.2, 0.25) is 0 Å². The Labute approximate surface area is 113 Å². The van der Waals surface area contributed by atoms with E-state index in [9.17, 15) is 4.21 Å². The quantitative estimate of drug-likeness (QED) is 0.807. The first-order chi connectivity index (χ1) is 8.30. The molecule has 0 fully saturated rings. The van der Waals surface area contributed by atoms with E-state index in [0.29, 0.717) is 0 Å². The topological polar surface area (TPSA) is 29.1 Å². The molecule has 0 aromatic heterocycles. The molecule has 2 nitrogen and oxygen atoms in total. The molecule has 0 saturated heterocycles. The van der Waals surface area contributed by atoms with E-state index in [1.165, 1.54) is 0 Å². The average Bonchev–Trinajstić information content (AvgIpc) is 2.27. The fourth-order valence-corrected chi connectivity index (χ4v) is 2.40. The van der Waals surface area contributed by atoms with Crippen LogP contribution in [-0.4, -0.2) is 8.96 Å². The summed E-state index contributed by atoms with van der Waals surface area (Å²) in [5.74, 6) is 0. The van der Waals surface area contributed by atoms with Gasteiger partial charge in [0.15, 0.2) is 0 Å². The zero-order valence-electron chi connectivity index (χ0n) is 11.7. The van der Waals surface area contributed by atoms with Crippen LogP contribution < -0.4 is 4.72 Å². The highest BCUT2D eigenvalue weighted by atomic mass is 32.2. The molecular weight excluding hydrogens is 242 g/mol. The molecular formula is C15H23NOS. The van der Waals surface area contributed by atoms with Crippen molar-refractivity contribution in [1.82, 2.24) is 4.72 Å². The molecule has 0 amide bonds. The standard InChI is InChI=1S/C15H23NOS/c1-12(2)11-14(13-9-7-6-8-10-13)16-18(17)15(3,4)5/h6-10,14,16H,1,11H2,2-5H3/t14-,18+/m0/s1. The monoisotopic (exact) mass is 265 g/mol. The highest BCUT2D eigenvalue weighted by molar-refractivity contribution is 7.84. The van der Waals surface area contributed by atoms with E-state index >= 15 is 0 Å². The minimum atomic E-state index is -1.08. The molecule has 0 bridgehead atoms. The molecule has 100 valence electrons. The van der Waals surface area contributed by atoms with Gasteiger partial charge in [0, 0.05) is 6.04 Å². The molecule has 0 radical (unpaired) electrons. The predicted octanol–water partition coefficient (Wildman–Crippen LogP) is 3.75. The van der Waals surface area contributed by atoms with Gasteiger partial charge in [-0.1, -0.05) is 35.9 Å². The third kappa shape index (κ3) is 4.75. The lowest BCUT2D eigenvalue weighted by atomic mass is 10.0. The summed E-state index contributed by atoms with van der Waals surface area (Å²) in [5, 5.41) is 0. The van der Waals surface area contributed by atoms with Gasteiger partial charge < -0.3 is 0 Å². The van der Waals surface area contributed by atoms with Crippen LogP contribution in [0.4, 0.5) is 0 Å². The molecule has 1 aromatic rings. The lowest BCUT2D eigenvalue weighted by Crippen LogP contribution is -2.35. The second-order valence-corrected chi connectivity index (χ2v) is 7.62. The van der Waals surface area contributed by atoms with E-state index in [4.69, 9.17) is 0 Å². The Hall–Kier alpha value is -0.930. The molecule has 0 unspecified atom stereocenters. The van der Waals surface area contributed by atoms with Crippen molar-refractivity contribution < 1.29 is 4.21 Å². The second-order valence-electron chi connectivity index (χ2n) is 5.62. The summed E-state index contributed by atoms with van der Waals surface area (Å²) in [6.45, 7) is 11.9. The Kier molecular flexibility index (Phi) is 5.29. The molecule has 0 heterocycles. The number of benzene rings is 1. The Morgan fingerprint density at radius 2 is 1.89 bits per heavy atom. The average molecular weight is 265 g/mol. The van der Waals surface area contributed by atoms with Gasteiger partial charge >= 0.3 is 0 Å². The third-order valence-electron chi connectivity index (χ3n) is 2.56. The minimum Gasteiger partial charge on any atom is -0.242 e. The smallest absolute Gasteiger partial charge is 0.0976 e. The lowest BCUT2D eigenvalue weighted by molar-refractivity contribution is 0.596. The normalized spacial score (nSPS) is 15.1. The van der Waals surface area contributed by atoms with Crippen LogP contribution in [-0.2, 0) is 11.0 Å². The zero-order chi connectivity index (χ0) is 13.8. The summed E-state index contributed by atoms with van der Waals surface area (Å²) in [7, 11) is -1.08. The largest absolute Gasteiger partial charge is 0.242 e.